The second-order valence-corrected chi connectivity index (χ2v) is 10.1. The van der Waals surface area contributed by atoms with Crippen molar-refractivity contribution < 1.29 is 18.7 Å². The van der Waals surface area contributed by atoms with E-state index in [1.54, 1.807) is 18.5 Å². The van der Waals surface area contributed by atoms with Gasteiger partial charge in [0.15, 0.2) is 0 Å². The summed E-state index contributed by atoms with van der Waals surface area (Å²) in [6.07, 6.45) is 17.4. The van der Waals surface area contributed by atoms with Gasteiger partial charge in [-0.2, -0.15) is 0 Å². The van der Waals surface area contributed by atoms with Crippen molar-refractivity contribution in [2.75, 3.05) is 13.2 Å². The first-order valence-electron chi connectivity index (χ1n) is 14.4. The molecule has 1 unspecified atom stereocenters. The van der Waals surface area contributed by atoms with Crippen molar-refractivity contribution in [3.63, 3.8) is 0 Å². The van der Waals surface area contributed by atoms with E-state index in [0.717, 1.165) is 42.4 Å². The van der Waals surface area contributed by atoms with Gasteiger partial charge in [-0.05, 0) is 49.1 Å². The maximum atomic E-state index is 12.3. The average Bonchev–Trinajstić information content (AvgIpc) is 2.94. The monoisotopic (exact) mass is 521 g/mol. The van der Waals surface area contributed by atoms with Gasteiger partial charge in [0.25, 0.3) is 0 Å². The Morgan fingerprint density at radius 3 is 2.11 bits per heavy atom. The highest BCUT2D eigenvalue weighted by atomic mass is 16.5. The number of fused-ring (bicyclic) bond motifs is 1. The lowest BCUT2D eigenvalue weighted by Gasteiger charge is -2.09. The molecule has 0 bridgehead atoms. The van der Waals surface area contributed by atoms with Crippen molar-refractivity contribution >= 4 is 16.9 Å². The van der Waals surface area contributed by atoms with Crippen molar-refractivity contribution in [3.8, 4) is 16.9 Å². The van der Waals surface area contributed by atoms with Crippen LogP contribution in [0.4, 0.5) is 0 Å². The maximum absolute atomic E-state index is 12.3. The molecule has 206 valence electrons. The van der Waals surface area contributed by atoms with Crippen LogP contribution >= 0.6 is 0 Å². The number of esters is 1. The van der Waals surface area contributed by atoms with Gasteiger partial charge in [-0.15, -0.1) is 0 Å². The average molecular weight is 522 g/mol. The minimum atomic E-state index is -0.353. The van der Waals surface area contributed by atoms with Gasteiger partial charge in [0.1, 0.15) is 11.3 Å². The molecule has 0 saturated carbocycles. The van der Waals surface area contributed by atoms with E-state index in [1.807, 2.05) is 44.2 Å². The van der Waals surface area contributed by atoms with Gasteiger partial charge in [0.2, 0.25) is 0 Å². The zero-order chi connectivity index (χ0) is 27.0. The van der Waals surface area contributed by atoms with Gasteiger partial charge in [0, 0.05) is 17.8 Å². The molecule has 1 atom stereocenters. The van der Waals surface area contributed by atoms with Gasteiger partial charge in [-0.25, -0.2) is 4.79 Å². The molecular weight excluding hydrogens is 478 g/mol. The fourth-order valence-electron chi connectivity index (χ4n) is 4.36. The highest BCUT2D eigenvalue weighted by molar-refractivity contribution is 5.80. The lowest BCUT2D eigenvalue weighted by atomic mass is 10.1. The third-order valence-electron chi connectivity index (χ3n) is 7.01. The van der Waals surface area contributed by atoms with Crippen LogP contribution < -0.4 is 10.4 Å². The number of pyridine rings is 1. The van der Waals surface area contributed by atoms with E-state index in [0.29, 0.717) is 24.4 Å². The third kappa shape index (κ3) is 9.96. The van der Waals surface area contributed by atoms with Crippen LogP contribution in [0.5, 0.6) is 5.75 Å². The van der Waals surface area contributed by atoms with Crippen LogP contribution in [0, 0.1) is 5.92 Å². The molecule has 1 aromatic carbocycles. The normalized spacial score (nSPS) is 11.9. The molecule has 0 aliphatic rings. The van der Waals surface area contributed by atoms with Gasteiger partial charge < -0.3 is 13.9 Å². The summed E-state index contributed by atoms with van der Waals surface area (Å²) in [6.45, 7) is 5.21. The number of benzene rings is 1. The van der Waals surface area contributed by atoms with Crippen LogP contribution in [0.3, 0.4) is 0 Å². The largest absolute Gasteiger partial charge is 0.494 e. The highest BCUT2D eigenvalue weighted by Gasteiger charge is 2.11. The molecule has 3 rings (SSSR count). The second kappa shape index (κ2) is 16.6. The molecule has 38 heavy (non-hydrogen) atoms. The predicted molar refractivity (Wildman–Crippen MR) is 152 cm³/mol. The molecule has 0 N–H and O–H groups in total. The van der Waals surface area contributed by atoms with Gasteiger partial charge in [0.05, 0.1) is 24.7 Å². The second-order valence-electron chi connectivity index (χ2n) is 10.1. The lowest BCUT2D eigenvalue weighted by Crippen LogP contribution is -2.14. The van der Waals surface area contributed by atoms with Crippen LogP contribution in [-0.2, 0) is 9.53 Å². The Hall–Kier alpha value is -3.15. The number of hydrogen-bond acceptors (Lipinski definition) is 6. The number of hydrogen-bond donors (Lipinski definition) is 0. The number of rotatable bonds is 18. The summed E-state index contributed by atoms with van der Waals surface area (Å²) in [5, 5.41) is 0.802. The Morgan fingerprint density at radius 2 is 1.47 bits per heavy atom. The third-order valence-corrected chi connectivity index (χ3v) is 7.01. The van der Waals surface area contributed by atoms with Crippen molar-refractivity contribution in [2.24, 2.45) is 5.92 Å². The molecule has 2 aromatic heterocycles. The number of carbonyl (C=O) groups is 1. The van der Waals surface area contributed by atoms with Crippen molar-refractivity contribution in [3.05, 3.63) is 59.2 Å². The molecule has 0 aliphatic carbocycles. The fourth-order valence-corrected chi connectivity index (χ4v) is 4.36. The number of carbonyl (C=O) groups excluding carboxylic acids is 1. The first-order valence-corrected chi connectivity index (χ1v) is 14.4. The minimum absolute atomic E-state index is 0.0210. The molecule has 0 amide bonds. The first-order chi connectivity index (χ1) is 18.6. The van der Waals surface area contributed by atoms with Crippen LogP contribution in [0.2, 0.25) is 0 Å². The SMILES string of the molecule is CCC(C)C(=O)OCCCCCCCCCCCCCOc1ccc(-c2cc3cnccc3oc2=O)cc1. The number of nitrogens with zero attached hydrogens (tertiary/aromatic N) is 1. The molecule has 6 nitrogen and oxygen atoms in total. The van der Waals surface area contributed by atoms with Crippen molar-refractivity contribution in [1.82, 2.24) is 4.98 Å². The summed E-state index contributed by atoms with van der Waals surface area (Å²) >= 11 is 0. The number of ether oxygens (including phenoxy) is 2. The van der Waals surface area contributed by atoms with E-state index in [4.69, 9.17) is 13.9 Å². The Kier molecular flexibility index (Phi) is 12.9. The summed E-state index contributed by atoms with van der Waals surface area (Å²) in [4.78, 5) is 28.1. The number of aromatic nitrogens is 1. The zero-order valence-corrected chi connectivity index (χ0v) is 23.1. The van der Waals surface area contributed by atoms with E-state index in [-0.39, 0.29) is 17.5 Å². The zero-order valence-electron chi connectivity index (χ0n) is 23.1. The highest BCUT2D eigenvalue weighted by Crippen LogP contribution is 2.23. The van der Waals surface area contributed by atoms with Crippen LogP contribution in [-0.4, -0.2) is 24.2 Å². The molecule has 2 heterocycles. The van der Waals surface area contributed by atoms with Crippen molar-refractivity contribution in [1.29, 1.82) is 0 Å². The molecule has 0 saturated heterocycles. The van der Waals surface area contributed by atoms with Gasteiger partial charge >= 0.3 is 11.6 Å². The van der Waals surface area contributed by atoms with E-state index in [2.05, 4.69) is 4.98 Å². The van der Waals surface area contributed by atoms with Gasteiger partial charge in [-0.1, -0.05) is 83.8 Å². The fraction of sp³-hybridized carbons (Fsp3) is 0.531. The molecule has 0 aliphatic heterocycles. The Bertz CT molecular complexity index is 1150. The summed E-state index contributed by atoms with van der Waals surface area (Å²) in [5.41, 5.74) is 1.52. The van der Waals surface area contributed by atoms with Crippen molar-refractivity contribution in [2.45, 2.75) is 90.9 Å². The summed E-state index contributed by atoms with van der Waals surface area (Å²) in [6, 6.07) is 11.1. The van der Waals surface area contributed by atoms with Gasteiger partial charge in [-0.3, -0.25) is 9.78 Å². The van der Waals surface area contributed by atoms with Crippen LogP contribution in [0.15, 0.2) is 58.0 Å². The topological polar surface area (TPSA) is 78.6 Å². The van der Waals surface area contributed by atoms with Crippen LogP contribution in [0.1, 0.15) is 90.9 Å². The molecule has 3 aromatic rings. The first kappa shape index (κ1) is 29.4. The molecule has 0 spiro atoms. The quantitative estimate of drug-likeness (QED) is 0.124. The Balaban J connectivity index is 1.18. The summed E-state index contributed by atoms with van der Waals surface area (Å²) < 4.78 is 16.6. The lowest BCUT2D eigenvalue weighted by molar-refractivity contribution is -0.148. The van der Waals surface area contributed by atoms with E-state index < -0.39 is 0 Å². The molecular formula is C32H43NO5. The summed E-state index contributed by atoms with van der Waals surface area (Å²) in [5.74, 6) is 0.780. The molecule has 6 heteroatoms. The summed E-state index contributed by atoms with van der Waals surface area (Å²) in [7, 11) is 0. The van der Waals surface area contributed by atoms with E-state index in [1.165, 1.54) is 51.4 Å². The molecule has 0 radical (unpaired) electrons. The smallest absolute Gasteiger partial charge is 0.344 e. The van der Waals surface area contributed by atoms with E-state index >= 15 is 0 Å². The Labute approximate surface area is 226 Å². The Morgan fingerprint density at radius 1 is 0.868 bits per heavy atom. The standard InChI is InChI=1S/C32H43NO5/c1-3-25(2)31(34)37-22-14-12-10-8-6-4-5-7-9-11-13-21-36-28-17-15-26(16-18-28)29-23-27-24-33-20-19-30(27)38-32(29)35/h15-20,23-25H,3-14,21-22H2,1-2H3. The molecule has 0 fully saturated rings. The number of unbranched alkanes of at least 4 members (excludes halogenated alkanes) is 10. The predicted octanol–water partition coefficient (Wildman–Crippen LogP) is 8.11. The van der Waals surface area contributed by atoms with E-state index in [9.17, 15) is 9.59 Å². The van der Waals surface area contributed by atoms with Crippen LogP contribution in [0.25, 0.3) is 22.1 Å². The maximum Gasteiger partial charge on any atom is 0.344 e. The minimum Gasteiger partial charge on any atom is -0.494 e.